The van der Waals surface area contributed by atoms with Gasteiger partial charge in [0.15, 0.2) is 0 Å². The van der Waals surface area contributed by atoms with Crippen LogP contribution in [-0.2, 0) is 20.8 Å². The minimum Gasteiger partial charge on any atom is -0.493 e. The first-order chi connectivity index (χ1) is 9.58. The van der Waals surface area contributed by atoms with Crippen LogP contribution in [0.3, 0.4) is 0 Å². The molecule has 1 atom stereocenters. The maximum absolute atomic E-state index is 14.2. The number of fused-ring (bicyclic) bond motifs is 1. The van der Waals surface area contributed by atoms with Gasteiger partial charge in [0.2, 0.25) is 5.91 Å². The molecule has 0 unspecified atom stereocenters. The molecule has 2 aliphatic heterocycles. The summed E-state index contributed by atoms with van der Waals surface area (Å²) in [7, 11) is 0. The molecule has 1 N–H and O–H groups in total. The van der Waals surface area contributed by atoms with E-state index < -0.39 is 17.6 Å². The zero-order valence-corrected chi connectivity index (χ0v) is 10.4. The molecule has 0 spiro atoms. The molecule has 0 aromatic heterocycles. The Bertz CT molecular complexity index is 582. The predicted molar refractivity (Wildman–Crippen MR) is 60.9 cm³/mol. The largest absolute Gasteiger partial charge is 0.493 e. The van der Waals surface area contributed by atoms with E-state index >= 15 is 0 Å². The van der Waals surface area contributed by atoms with Crippen molar-refractivity contribution in [2.75, 3.05) is 13.2 Å². The van der Waals surface area contributed by atoms with Gasteiger partial charge in [0.05, 0.1) is 6.61 Å². The Kier molecular flexibility index (Phi) is 4.10. The smallest absolute Gasteiger partial charge is 0.373 e. The molecule has 1 aromatic carbocycles. The topological polar surface area (TPSA) is 72.5 Å². The molecule has 7 heteroatoms. The van der Waals surface area contributed by atoms with Crippen molar-refractivity contribution in [3.05, 3.63) is 28.8 Å². The van der Waals surface area contributed by atoms with Crippen molar-refractivity contribution in [2.45, 2.75) is 18.8 Å². The average Bonchev–Trinajstić information content (AvgIpc) is 2.99. The summed E-state index contributed by atoms with van der Waals surface area (Å²) in [6.45, 7) is 0.684. The highest BCUT2D eigenvalue weighted by Crippen LogP contribution is 2.36. The maximum Gasteiger partial charge on any atom is 0.373 e. The number of halogens is 2. The molecule has 1 amide bonds. The highest BCUT2D eigenvalue weighted by Gasteiger charge is 2.32. The highest BCUT2D eigenvalue weighted by molar-refractivity contribution is 5.79. The zero-order valence-electron chi connectivity index (χ0n) is 10.4. The molecule has 2 aliphatic rings. The van der Waals surface area contributed by atoms with Gasteiger partial charge in [-0.15, -0.1) is 0 Å². The van der Waals surface area contributed by atoms with Gasteiger partial charge in [0, 0.05) is 42.5 Å². The van der Waals surface area contributed by atoms with Gasteiger partial charge in [0.1, 0.15) is 17.4 Å². The van der Waals surface area contributed by atoms with Crippen LogP contribution in [0.1, 0.15) is 23.5 Å². The predicted octanol–water partition coefficient (Wildman–Crippen LogP) is 0.920. The van der Waals surface area contributed by atoms with E-state index in [2.05, 4.69) is 5.32 Å². The van der Waals surface area contributed by atoms with Gasteiger partial charge in [-0.3, -0.25) is 4.79 Å². The van der Waals surface area contributed by atoms with Crippen molar-refractivity contribution in [1.29, 1.82) is 0 Å². The van der Waals surface area contributed by atoms with Crippen LogP contribution in [0.15, 0.2) is 6.07 Å². The van der Waals surface area contributed by atoms with Gasteiger partial charge >= 0.3 is 6.15 Å². The first kappa shape index (κ1) is 14.1. The number of rotatable bonds is 1. The third-order valence-corrected chi connectivity index (χ3v) is 3.31. The summed E-state index contributed by atoms with van der Waals surface area (Å²) >= 11 is 0. The quantitative estimate of drug-likeness (QED) is 0.832. The summed E-state index contributed by atoms with van der Waals surface area (Å²) in [6.07, 6.45) is 0.857. The third kappa shape index (κ3) is 2.53. The summed E-state index contributed by atoms with van der Waals surface area (Å²) in [6, 6.07) is 1.23. The van der Waals surface area contributed by atoms with Crippen LogP contribution in [0.4, 0.5) is 8.78 Å². The Balaban J connectivity index is 0.000000452. The Hall–Kier alpha value is -2.27. The van der Waals surface area contributed by atoms with E-state index in [1.807, 2.05) is 0 Å². The number of carbonyl (C=O) groups is 1. The van der Waals surface area contributed by atoms with Crippen LogP contribution in [0.2, 0.25) is 0 Å². The summed E-state index contributed by atoms with van der Waals surface area (Å²) in [4.78, 5) is 27.4. The van der Waals surface area contributed by atoms with E-state index in [1.165, 1.54) is 6.07 Å². The molecule has 3 rings (SSSR count). The number of carbonyl (C=O) groups excluding carboxylic acids is 3. The van der Waals surface area contributed by atoms with Crippen molar-refractivity contribution in [1.82, 2.24) is 5.32 Å². The van der Waals surface area contributed by atoms with Crippen LogP contribution < -0.4 is 10.1 Å². The van der Waals surface area contributed by atoms with Crippen molar-refractivity contribution in [2.24, 2.45) is 0 Å². The van der Waals surface area contributed by atoms with E-state index in [-0.39, 0.29) is 24.0 Å². The molecule has 2 heterocycles. The molecule has 20 heavy (non-hydrogen) atoms. The molecule has 1 aromatic rings. The lowest BCUT2D eigenvalue weighted by Gasteiger charge is -2.13. The van der Waals surface area contributed by atoms with Gasteiger partial charge < -0.3 is 10.1 Å². The third-order valence-electron chi connectivity index (χ3n) is 3.31. The SMILES string of the molecule is O=C1C[C@H](c2c(F)cc3c(c2F)CCO3)CN1.O=C=O. The lowest BCUT2D eigenvalue weighted by Crippen LogP contribution is -2.14. The Morgan fingerprint density at radius 2 is 2.05 bits per heavy atom. The van der Waals surface area contributed by atoms with Gasteiger partial charge in [0.25, 0.3) is 0 Å². The summed E-state index contributed by atoms with van der Waals surface area (Å²) < 4.78 is 33.1. The van der Waals surface area contributed by atoms with Crippen molar-refractivity contribution >= 4 is 12.1 Å². The fourth-order valence-electron chi connectivity index (χ4n) is 2.46. The molecular weight excluding hydrogens is 272 g/mol. The summed E-state index contributed by atoms with van der Waals surface area (Å²) in [5.41, 5.74) is 0.452. The van der Waals surface area contributed by atoms with Gasteiger partial charge in [-0.2, -0.15) is 9.59 Å². The molecule has 0 bridgehead atoms. The minimum absolute atomic E-state index is 0.0209. The lowest BCUT2D eigenvalue weighted by molar-refractivity contribution is -0.191. The Labute approximate surface area is 112 Å². The summed E-state index contributed by atoms with van der Waals surface area (Å²) in [5.74, 6) is -1.44. The van der Waals surface area contributed by atoms with Crippen LogP contribution in [0, 0.1) is 11.6 Å². The van der Waals surface area contributed by atoms with Gasteiger partial charge in [-0.05, 0) is 0 Å². The maximum atomic E-state index is 14.2. The van der Waals surface area contributed by atoms with E-state index in [1.54, 1.807) is 0 Å². The van der Waals surface area contributed by atoms with Crippen molar-refractivity contribution in [3.63, 3.8) is 0 Å². The van der Waals surface area contributed by atoms with E-state index in [4.69, 9.17) is 14.3 Å². The Morgan fingerprint density at radius 1 is 1.35 bits per heavy atom. The number of hydrogen-bond donors (Lipinski definition) is 1. The number of ether oxygens (including phenoxy) is 1. The number of benzene rings is 1. The van der Waals surface area contributed by atoms with Gasteiger partial charge in [-0.1, -0.05) is 0 Å². The molecular formula is C13H11F2NO4. The van der Waals surface area contributed by atoms with E-state index in [9.17, 15) is 13.6 Å². The van der Waals surface area contributed by atoms with Crippen molar-refractivity contribution in [3.8, 4) is 5.75 Å². The van der Waals surface area contributed by atoms with Crippen molar-refractivity contribution < 1.29 is 27.9 Å². The van der Waals surface area contributed by atoms with E-state index in [0.717, 1.165) is 0 Å². The molecule has 1 fully saturated rings. The number of hydrogen-bond acceptors (Lipinski definition) is 4. The molecule has 0 saturated carbocycles. The van der Waals surface area contributed by atoms with E-state index in [0.29, 0.717) is 30.9 Å². The fourth-order valence-corrected chi connectivity index (χ4v) is 2.46. The fraction of sp³-hybridized carbons (Fsp3) is 0.385. The summed E-state index contributed by atoms with van der Waals surface area (Å²) in [5, 5.41) is 2.59. The second kappa shape index (κ2) is 5.79. The van der Waals surface area contributed by atoms with Crippen LogP contribution in [0.5, 0.6) is 5.75 Å². The molecule has 5 nitrogen and oxygen atoms in total. The highest BCUT2D eigenvalue weighted by atomic mass is 19.1. The van der Waals surface area contributed by atoms with Gasteiger partial charge in [-0.25, -0.2) is 8.78 Å². The number of nitrogens with one attached hydrogen (secondary N) is 1. The standard InChI is InChI=1S/C12H11F2NO2.CO2/c13-8-4-9-7(1-2-17-9)12(14)11(8)6-3-10(16)15-5-6;2-1-3/h4,6H,1-3,5H2,(H,15,16);/t6-;/m0./s1. The Morgan fingerprint density at radius 3 is 2.65 bits per heavy atom. The van der Waals surface area contributed by atoms with Crippen LogP contribution in [0.25, 0.3) is 0 Å². The molecule has 106 valence electrons. The average molecular weight is 283 g/mol. The molecule has 0 radical (unpaired) electrons. The first-order valence-corrected chi connectivity index (χ1v) is 5.98. The van der Waals surface area contributed by atoms with Crippen LogP contribution in [-0.4, -0.2) is 25.2 Å². The second-order valence-electron chi connectivity index (χ2n) is 4.45. The van der Waals surface area contributed by atoms with Crippen LogP contribution >= 0.6 is 0 Å². The normalized spacial score (nSPS) is 19.3. The monoisotopic (exact) mass is 283 g/mol. The number of amides is 1. The second-order valence-corrected chi connectivity index (χ2v) is 4.45. The molecule has 0 aliphatic carbocycles. The molecule has 1 saturated heterocycles. The first-order valence-electron chi connectivity index (χ1n) is 5.98. The lowest BCUT2D eigenvalue weighted by atomic mass is 9.94. The minimum atomic E-state index is -0.621. The zero-order chi connectivity index (χ0) is 14.7.